The largest absolute Gasteiger partial charge is 0.290 e. The van der Waals surface area contributed by atoms with E-state index < -0.39 is 0 Å². The first-order chi connectivity index (χ1) is 5.83. The normalized spacial score (nSPS) is 17.2. The van der Waals surface area contributed by atoms with Gasteiger partial charge in [0.15, 0.2) is 5.78 Å². The smallest absolute Gasteiger partial charge is 0.178 e. The van der Waals surface area contributed by atoms with Gasteiger partial charge >= 0.3 is 0 Å². The van der Waals surface area contributed by atoms with E-state index in [0.29, 0.717) is 5.92 Å². The van der Waals surface area contributed by atoms with E-state index in [0.717, 1.165) is 0 Å². The van der Waals surface area contributed by atoms with Crippen molar-refractivity contribution < 1.29 is 4.79 Å². The van der Waals surface area contributed by atoms with Gasteiger partial charge in [-0.25, -0.2) is 0 Å². The van der Waals surface area contributed by atoms with Crippen LogP contribution in [0.15, 0.2) is 24.3 Å². The Balaban J connectivity index is 2.22. The molecule has 0 aromatic rings. The third-order valence-corrected chi connectivity index (χ3v) is 2.16. The number of allylic oxidation sites excluding steroid dienone is 4. The summed E-state index contributed by atoms with van der Waals surface area (Å²) in [7, 11) is 0. The number of ketones is 1. The molecule has 0 bridgehead atoms. The number of carbonyl (C=O) groups excluding carboxylic acids is 1. The molecule has 0 atom stereocenters. The molecule has 0 radical (unpaired) electrons. The summed E-state index contributed by atoms with van der Waals surface area (Å²) in [6, 6.07) is 0. The predicted octanol–water partition coefficient (Wildman–Crippen LogP) is 2.88. The fraction of sp³-hybridized carbons (Fsp3) is 0.545. The molecule has 0 saturated carbocycles. The lowest BCUT2D eigenvalue weighted by Crippen LogP contribution is -2.00. The zero-order chi connectivity index (χ0) is 8.81. The number of carbonyl (C=O) groups is 1. The second-order valence-corrected chi connectivity index (χ2v) is 3.28. The molecular formula is C11H16O. The third kappa shape index (κ3) is 3.04. The summed E-state index contributed by atoms with van der Waals surface area (Å²) in [6.45, 7) is 2.20. The van der Waals surface area contributed by atoms with Crippen LogP contribution in [-0.4, -0.2) is 5.78 Å². The Labute approximate surface area is 74.2 Å². The minimum Gasteiger partial charge on any atom is -0.290 e. The fourth-order valence-electron chi connectivity index (χ4n) is 1.38. The van der Waals surface area contributed by atoms with Crippen LogP contribution in [0.25, 0.3) is 0 Å². The van der Waals surface area contributed by atoms with E-state index in [1.54, 1.807) is 12.2 Å². The van der Waals surface area contributed by atoms with Crippen molar-refractivity contribution >= 4 is 5.78 Å². The number of rotatable bonds is 4. The standard InChI is InChI=1S/C11H16O/c1-2-3-4-5-10-6-8-11(12)9-7-10/h6-10H,2-5H2,1H3. The molecule has 0 fully saturated rings. The first kappa shape index (κ1) is 9.24. The second kappa shape index (κ2) is 4.91. The maximum absolute atomic E-state index is 10.8. The van der Waals surface area contributed by atoms with Crippen LogP contribution in [0.5, 0.6) is 0 Å². The molecule has 0 heterocycles. The Hall–Kier alpha value is -0.850. The Kier molecular flexibility index (Phi) is 3.78. The van der Waals surface area contributed by atoms with E-state index in [1.165, 1.54) is 25.7 Å². The van der Waals surface area contributed by atoms with Gasteiger partial charge in [0.05, 0.1) is 0 Å². The van der Waals surface area contributed by atoms with Crippen molar-refractivity contribution in [3.05, 3.63) is 24.3 Å². The van der Waals surface area contributed by atoms with E-state index in [4.69, 9.17) is 0 Å². The maximum atomic E-state index is 10.8. The SMILES string of the molecule is CCCCCC1C=CC(=O)C=C1. The molecule has 1 aliphatic rings. The first-order valence-electron chi connectivity index (χ1n) is 4.73. The van der Waals surface area contributed by atoms with Gasteiger partial charge < -0.3 is 0 Å². The van der Waals surface area contributed by atoms with Crippen molar-refractivity contribution in [2.75, 3.05) is 0 Å². The van der Waals surface area contributed by atoms with Crippen LogP contribution in [0.3, 0.4) is 0 Å². The number of unbranched alkanes of at least 4 members (excludes halogenated alkanes) is 2. The molecule has 0 aromatic heterocycles. The van der Waals surface area contributed by atoms with Crippen molar-refractivity contribution in [1.82, 2.24) is 0 Å². The van der Waals surface area contributed by atoms with Gasteiger partial charge in [-0.2, -0.15) is 0 Å². The lowest BCUT2D eigenvalue weighted by molar-refractivity contribution is -0.110. The minimum atomic E-state index is 0.127. The van der Waals surface area contributed by atoms with Crippen LogP contribution in [0.2, 0.25) is 0 Å². The highest BCUT2D eigenvalue weighted by Gasteiger charge is 2.05. The molecule has 0 unspecified atom stereocenters. The Morgan fingerprint density at radius 3 is 2.50 bits per heavy atom. The lowest BCUT2D eigenvalue weighted by Gasteiger charge is -2.08. The van der Waals surface area contributed by atoms with Crippen molar-refractivity contribution in [1.29, 1.82) is 0 Å². The Morgan fingerprint density at radius 2 is 1.92 bits per heavy atom. The molecule has 0 N–H and O–H groups in total. The molecule has 66 valence electrons. The molecule has 0 aromatic carbocycles. The zero-order valence-corrected chi connectivity index (χ0v) is 7.62. The van der Waals surface area contributed by atoms with Crippen LogP contribution >= 0.6 is 0 Å². The van der Waals surface area contributed by atoms with Gasteiger partial charge in [-0.3, -0.25) is 4.79 Å². The predicted molar refractivity (Wildman–Crippen MR) is 50.9 cm³/mol. The molecular weight excluding hydrogens is 148 g/mol. The fourth-order valence-corrected chi connectivity index (χ4v) is 1.38. The van der Waals surface area contributed by atoms with Gasteiger partial charge in [0.1, 0.15) is 0 Å². The van der Waals surface area contributed by atoms with Gasteiger partial charge in [-0.15, -0.1) is 0 Å². The molecule has 1 aliphatic carbocycles. The average Bonchev–Trinajstić information content (AvgIpc) is 2.09. The molecule has 1 heteroatoms. The van der Waals surface area contributed by atoms with Gasteiger partial charge in [0.25, 0.3) is 0 Å². The summed E-state index contributed by atoms with van der Waals surface area (Å²) < 4.78 is 0. The summed E-state index contributed by atoms with van der Waals surface area (Å²) in [6.07, 6.45) is 12.4. The quantitative estimate of drug-likeness (QED) is 0.584. The van der Waals surface area contributed by atoms with Crippen molar-refractivity contribution in [3.8, 4) is 0 Å². The third-order valence-electron chi connectivity index (χ3n) is 2.16. The van der Waals surface area contributed by atoms with E-state index in [1.807, 2.05) is 12.2 Å². The first-order valence-corrected chi connectivity index (χ1v) is 4.73. The van der Waals surface area contributed by atoms with E-state index in [-0.39, 0.29) is 5.78 Å². The summed E-state index contributed by atoms with van der Waals surface area (Å²) in [5, 5.41) is 0. The van der Waals surface area contributed by atoms with Crippen LogP contribution in [0, 0.1) is 5.92 Å². The highest BCUT2D eigenvalue weighted by Crippen LogP contribution is 2.15. The molecule has 0 amide bonds. The maximum Gasteiger partial charge on any atom is 0.178 e. The van der Waals surface area contributed by atoms with Gasteiger partial charge in [0.2, 0.25) is 0 Å². The molecule has 12 heavy (non-hydrogen) atoms. The topological polar surface area (TPSA) is 17.1 Å². The minimum absolute atomic E-state index is 0.127. The average molecular weight is 164 g/mol. The molecule has 1 rings (SSSR count). The van der Waals surface area contributed by atoms with E-state index in [9.17, 15) is 4.79 Å². The molecule has 0 spiro atoms. The van der Waals surface area contributed by atoms with Crippen molar-refractivity contribution in [3.63, 3.8) is 0 Å². The summed E-state index contributed by atoms with van der Waals surface area (Å²) in [4.78, 5) is 10.8. The monoisotopic (exact) mass is 164 g/mol. The van der Waals surface area contributed by atoms with Crippen LogP contribution < -0.4 is 0 Å². The number of hydrogen-bond acceptors (Lipinski definition) is 1. The molecule has 0 aliphatic heterocycles. The van der Waals surface area contributed by atoms with Gasteiger partial charge in [-0.05, 0) is 24.5 Å². The van der Waals surface area contributed by atoms with Crippen molar-refractivity contribution in [2.45, 2.75) is 32.6 Å². The molecule has 0 saturated heterocycles. The summed E-state index contributed by atoms with van der Waals surface area (Å²) in [5.74, 6) is 0.635. The highest BCUT2D eigenvalue weighted by atomic mass is 16.1. The van der Waals surface area contributed by atoms with Gasteiger partial charge in [-0.1, -0.05) is 38.3 Å². The van der Waals surface area contributed by atoms with Gasteiger partial charge in [0, 0.05) is 0 Å². The van der Waals surface area contributed by atoms with Crippen molar-refractivity contribution in [2.24, 2.45) is 5.92 Å². The van der Waals surface area contributed by atoms with Crippen LogP contribution in [-0.2, 0) is 4.79 Å². The Morgan fingerprint density at radius 1 is 1.25 bits per heavy atom. The van der Waals surface area contributed by atoms with E-state index >= 15 is 0 Å². The lowest BCUT2D eigenvalue weighted by atomic mass is 9.96. The van der Waals surface area contributed by atoms with Crippen LogP contribution in [0.4, 0.5) is 0 Å². The van der Waals surface area contributed by atoms with Crippen LogP contribution in [0.1, 0.15) is 32.6 Å². The number of hydrogen-bond donors (Lipinski definition) is 0. The highest BCUT2D eigenvalue weighted by molar-refractivity contribution is 6.00. The second-order valence-electron chi connectivity index (χ2n) is 3.28. The summed E-state index contributed by atoms with van der Waals surface area (Å²) >= 11 is 0. The Bertz CT molecular complexity index is 185. The molecule has 1 nitrogen and oxygen atoms in total. The zero-order valence-electron chi connectivity index (χ0n) is 7.62. The van der Waals surface area contributed by atoms with E-state index in [2.05, 4.69) is 6.92 Å². The summed E-state index contributed by atoms with van der Waals surface area (Å²) in [5.41, 5.74) is 0.